The molecular formula is C22H20N8O2. The molecule has 0 saturated carbocycles. The number of carbonyl (C=O) groups excluding carboxylic acids is 1. The van der Waals surface area contributed by atoms with E-state index >= 15 is 0 Å². The van der Waals surface area contributed by atoms with Gasteiger partial charge in [-0.15, -0.1) is 5.10 Å². The zero-order valence-corrected chi connectivity index (χ0v) is 17.2. The van der Waals surface area contributed by atoms with Crippen molar-refractivity contribution in [2.75, 3.05) is 6.61 Å². The van der Waals surface area contributed by atoms with E-state index in [1.807, 2.05) is 39.8 Å². The van der Waals surface area contributed by atoms with E-state index in [0.717, 1.165) is 60.1 Å². The van der Waals surface area contributed by atoms with Crippen molar-refractivity contribution in [3.63, 3.8) is 0 Å². The van der Waals surface area contributed by atoms with Crippen LogP contribution < -0.4 is 0 Å². The number of carbonyl (C=O) groups is 1. The Morgan fingerprint density at radius 1 is 1.16 bits per heavy atom. The Bertz CT molecular complexity index is 1430. The summed E-state index contributed by atoms with van der Waals surface area (Å²) in [6, 6.07) is 5.52. The molecule has 1 fully saturated rings. The predicted molar refractivity (Wildman–Crippen MR) is 115 cm³/mol. The van der Waals surface area contributed by atoms with Crippen LogP contribution in [0.25, 0.3) is 27.9 Å². The molecule has 1 aliphatic heterocycles. The average molecular weight is 428 g/mol. The summed E-state index contributed by atoms with van der Waals surface area (Å²) in [5, 5.41) is 14.1. The Balaban J connectivity index is 1.30. The van der Waals surface area contributed by atoms with E-state index in [4.69, 9.17) is 4.74 Å². The lowest BCUT2D eigenvalue weighted by molar-refractivity contribution is -0.0366. The van der Waals surface area contributed by atoms with Crippen LogP contribution in [0.15, 0.2) is 49.2 Å². The minimum Gasteiger partial charge on any atom is -0.356 e. The highest BCUT2D eigenvalue weighted by atomic mass is 16.5. The normalized spacial score (nSPS) is 16.7. The van der Waals surface area contributed by atoms with Gasteiger partial charge in [-0.2, -0.15) is 5.10 Å². The molecule has 5 aromatic rings. The summed E-state index contributed by atoms with van der Waals surface area (Å²) in [4.78, 5) is 20.1. The first kappa shape index (κ1) is 18.8. The Labute approximate surface area is 182 Å². The molecular weight excluding hydrogens is 408 g/mol. The number of rotatable bonds is 5. The molecule has 1 unspecified atom stereocenters. The van der Waals surface area contributed by atoms with Crippen molar-refractivity contribution < 1.29 is 9.53 Å². The Kier molecular flexibility index (Phi) is 4.50. The van der Waals surface area contributed by atoms with Gasteiger partial charge in [0.05, 0.1) is 30.1 Å². The van der Waals surface area contributed by atoms with Crippen molar-refractivity contribution in [1.82, 2.24) is 39.1 Å². The number of ether oxygens (including phenoxy) is 1. The number of fused-ring (bicyclic) bond motifs is 2. The van der Waals surface area contributed by atoms with E-state index in [1.54, 1.807) is 23.1 Å². The van der Waals surface area contributed by atoms with Gasteiger partial charge < -0.3 is 9.14 Å². The largest absolute Gasteiger partial charge is 0.356 e. The second kappa shape index (κ2) is 7.65. The lowest BCUT2D eigenvalue weighted by Gasteiger charge is -2.23. The van der Waals surface area contributed by atoms with Crippen molar-refractivity contribution >= 4 is 22.8 Å². The number of hydrogen-bond acceptors (Lipinski definition) is 7. The summed E-state index contributed by atoms with van der Waals surface area (Å²) in [6.07, 6.45) is 13.1. The van der Waals surface area contributed by atoms with Gasteiger partial charge >= 0.3 is 0 Å². The highest BCUT2D eigenvalue weighted by Crippen LogP contribution is 2.29. The summed E-state index contributed by atoms with van der Waals surface area (Å²) in [6.45, 7) is 1.22. The van der Waals surface area contributed by atoms with Crippen LogP contribution >= 0.6 is 0 Å². The number of nitrogens with zero attached hydrogens (tertiary/aromatic N) is 8. The molecule has 0 bridgehead atoms. The van der Waals surface area contributed by atoms with Crippen LogP contribution in [-0.4, -0.2) is 52.0 Å². The third-order valence-corrected chi connectivity index (χ3v) is 5.72. The fourth-order valence-electron chi connectivity index (χ4n) is 4.18. The monoisotopic (exact) mass is 428 g/mol. The Hall–Kier alpha value is -3.92. The fraction of sp³-hybridized carbons (Fsp3) is 0.273. The van der Waals surface area contributed by atoms with Crippen LogP contribution in [0.3, 0.4) is 0 Å². The van der Waals surface area contributed by atoms with Crippen molar-refractivity contribution in [1.29, 1.82) is 0 Å². The molecule has 0 N–H and O–H groups in total. The first-order valence-corrected chi connectivity index (χ1v) is 10.6. The van der Waals surface area contributed by atoms with Gasteiger partial charge in [-0.3, -0.25) is 9.78 Å². The number of imidazole rings is 1. The van der Waals surface area contributed by atoms with Crippen LogP contribution in [-0.2, 0) is 11.3 Å². The van der Waals surface area contributed by atoms with Crippen LogP contribution in [0.5, 0.6) is 0 Å². The van der Waals surface area contributed by atoms with Gasteiger partial charge in [-0.25, -0.2) is 14.3 Å². The second-order valence-electron chi connectivity index (χ2n) is 7.88. The van der Waals surface area contributed by atoms with Crippen molar-refractivity contribution in [3.05, 3.63) is 60.4 Å². The molecule has 10 heteroatoms. The van der Waals surface area contributed by atoms with E-state index in [9.17, 15) is 4.79 Å². The lowest BCUT2D eigenvalue weighted by atomic mass is 10.1. The third-order valence-electron chi connectivity index (χ3n) is 5.72. The van der Waals surface area contributed by atoms with Gasteiger partial charge in [0.2, 0.25) is 0 Å². The molecule has 32 heavy (non-hydrogen) atoms. The van der Waals surface area contributed by atoms with Crippen molar-refractivity contribution in [2.24, 2.45) is 0 Å². The molecule has 1 saturated heterocycles. The van der Waals surface area contributed by atoms with Crippen LogP contribution in [0, 0.1) is 0 Å². The van der Waals surface area contributed by atoms with Gasteiger partial charge in [0.1, 0.15) is 17.0 Å². The van der Waals surface area contributed by atoms with E-state index < -0.39 is 0 Å². The van der Waals surface area contributed by atoms with E-state index in [0.29, 0.717) is 17.8 Å². The standard InChI is InChI=1S/C22H20N8O2/c31-14-15-4-5-20-25-16(11-28(20)10-15)12-29-13-18(26-27-29)22-17-9-24-30(19(17)6-7-23-22)21-3-1-2-8-32-21/h4-7,9-11,13-14,21H,1-3,8,12H2. The van der Waals surface area contributed by atoms with Crippen LogP contribution in [0.2, 0.25) is 0 Å². The Morgan fingerprint density at radius 3 is 3.00 bits per heavy atom. The number of aromatic nitrogens is 8. The van der Waals surface area contributed by atoms with E-state index in [1.165, 1.54) is 0 Å². The van der Waals surface area contributed by atoms with Crippen LogP contribution in [0.4, 0.5) is 0 Å². The molecule has 6 heterocycles. The van der Waals surface area contributed by atoms with Gasteiger partial charge in [0.15, 0.2) is 12.5 Å². The maximum Gasteiger partial charge on any atom is 0.151 e. The molecule has 1 aliphatic rings. The summed E-state index contributed by atoms with van der Waals surface area (Å²) in [5.74, 6) is 0. The topological polar surface area (TPSA) is 105 Å². The summed E-state index contributed by atoms with van der Waals surface area (Å²) < 4.78 is 11.4. The predicted octanol–water partition coefficient (Wildman–Crippen LogP) is 2.90. The van der Waals surface area contributed by atoms with Gasteiger partial charge in [0.25, 0.3) is 0 Å². The SMILES string of the molecule is O=Cc1ccc2nc(Cn3cc(-c4nccc5c4cnn5C4CCCCO4)nn3)cn2c1. The van der Waals surface area contributed by atoms with E-state index in [2.05, 4.69) is 25.4 Å². The summed E-state index contributed by atoms with van der Waals surface area (Å²) >= 11 is 0. The molecule has 10 nitrogen and oxygen atoms in total. The Morgan fingerprint density at radius 2 is 2.12 bits per heavy atom. The molecule has 6 rings (SSSR count). The van der Waals surface area contributed by atoms with Gasteiger partial charge in [-0.05, 0) is 37.5 Å². The minimum absolute atomic E-state index is 0.0399. The number of pyridine rings is 2. The zero-order chi connectivity index (χ0) is 21.5. The van der Waals surface area contributed by atoms with Crippen LogP contribution in [0.1, 0.15) is 41.5 Å². The summed E-state index contributed by atoms with van der Waals surface area (Å²) in [5.41, 5.74) is 4.58. The number of aldehydes is 1. The van der Waals surface area contributed by atoms with Gasteiger partial charge in [-0.1, -0.05) is 5.21 Å². The second-order valence-corrected chi connectivity index (χ2v) is 7.88. The number of hydrogen-bond donors (Lipinski definition) is 0. The molecule has 160 valence electrons. The highest BCUT2D eigenvalue weighted by molar-refractivity contribution is 5.91. The highest BCUT2D eigenvalue weighted by Gasteiger charge is 2.20. The summed E-state index contributed by atoms with van der Waals surface area (Å²) in [7, 11) is 0. The fourth-order valence-corrected chi connectivity index (χ4v) is 4.18. The smallest absolute Gasteiger partial charge is 0.151 e. The molecule has 0 radical (unpaired) electrons. The van der Waals surface area contributed by atoms with E-state index in [-0.39, 0.29) is 6.23 Å². The lowest BCUT2D eigenvalue weighted by Crippen LogP contribution is -2.18. The first-order chi connectivity index (χ1) is 15.8. The maximum atomic E-state index is 11.0. The van der Waals surface area contributed by atoms with Crippen molar-refractivity contribution in [3.8, 4) is 11.4 Å². The average Bonchev–Trinajstić information content (AvgIpc) is 3.57. The molecule has 0 aromatic carbocycles. The molecule has 1 atom stereocenters. The molecule has 5 aromatic heterocycles. The van der Waals surface area contributed by atoms with Gasteiger partial charge in [0, 0.05) is 36.1 Å². The third kappa shape index (κ3) is 3.25. The van der Waals surface area contributed by atoms with Crippen molar-refractivity contribution in [2.45, 2.75) is 32.0 Å². The molecule has 0 spiro atoms. The zero-order valence-electron chi connectivity index (χ0n) is 17.2. The molecule has 0 amide bonds. The quantitative estimate of drug-likeness (QED) is 0.396. The molecule has 0 aliphatic carbocycles. The minimum atomic E-state index is -0.0399. The first-order valence-electron chi connectivity index (χ1n) is 10.6. The maximum absolute atomic E-state index is 11.0.